The number of halogens is 3. The van der Waals surface area contributed by atoms with Crippen molar-refractivity contribution in [2.24, 2.45) is 0 Å². The fraction of sp³-hybridized carbons (Fsp3) is 0.417. The third kappa shape index (κ3) is 3.96. The number of rotatable bonds is 5. The van der Waals surface area contributed by atoms with Crippen molar-refractivity contribution < 1.29 is 18.3 Å². The second-order valence-corrected chi connectivity index (χ2v) is 4.12. The van der Waals surface area contributed by atoms with E-state index >= 15 is 0 Å². The Morgan fingerprint density at radius 1 is 1.63 bits per heavy atom. The summed E-state index contributed by atoms with van der Waals surface area (Å²) in [6.45, 7) is 1.84. The normalized spacial score (nSPS) is 10.3. The zero-order valence-corrected chi connectivity index (χ0v) is 11.7. The molecule has 7 heteroatoms. The van der Waals surface area contributed by atoms with Crippen LogP contribution < -0.4 is 0 Å². The fourth-order valence-electron chi connectivity index (χ4n) is 1.54. The minimum atomic E-state index is -2.87. The summed E-state index contributed by atoms with van der Waals surface area (Å²) >= 11 is 3.11. The Balaban J connectivity index is 3.24. The molecule has 0 unspecified atom stereocenters. The van der Waals surface area contributed by atoms with Gasteiger partial charge in [0.1, 0.15) is 11.8 Å². The van der Waals surface area contributed by atoms with Gasteiger partial charge in [0.25, 0.3) is 6.43 Å². The van der Waals surface area contributed by atoms with Gasteiger partial charge in [-0.1, -0.05) is 15.9 Å². The van der Waals surface area contributed by atoms with Crippen molar-refractivity contribution >= 4 is 21.9 Å². The molecule has 0 saturated carbocycles. The smallest absolute Gasteiger partial charge is 0.310 e. The number of nitrogens with zero attached hydrogens (tertiary/aromatic N) is 2. The predicted octanol–water partition coefficient (Wildman–Crippen LogP) is 2.89. The van der Waals surface area contributed by atoms with E-state index in [1.807, 2.05) is 0 Å². The van der Waals surface area contributed by atoms with Crippen LogP contribution in [0.15, 0.2) is 6.07 Å². The average molecular weight is 333 g/mol. The second kappa shape index (κ2) is 7.14. The molecule has 0 amide bonds. The highest BCUT2D eigenvalue weighted by molar-refractivity contribution is 9.08. The summed E-state index contributed by atoms with van der Waals surface area (Å²) in [5.41, 5.74) is -0.305. The summed E-state index contributed by atoms with van der Waals surface area (Å²) in [7, 11) is 0. The van der Waals surface area contributed by atoms with Gasteiger partial charge in [0.05, 0.1) is 24.3 Å². The first-order valence-electron chi connectivity index (χ1n) is 5.46. The maximum Gasteiger partial charge on any atom is 0.310 e. The van der Waals surface area contributed by atoms with Crippen LogP contribution in [0.3, 0.4) is 0 Å². The third-order valence-corrected chi connectivity index (χ3v) is 2.85. The number of hydrogen-bond donors (Lipinski definition) is 0. The quantitative estimate of drug-likeness (QED) is 0.614. The lowest BCUT2D eigenvalue weighted by Crippen LogP contribution is -2.11. The monoisotopic (exact) mass is 332 g/mol. The van der Waals surface area contributed by atoms with Gasteiger partial charge >= 0.3 is 5.97 Å². The molecule has 1 aromatic rings. The minimum Gasteiger partial charge on any atom is -0.466 e. The molecule has 1 heterocycles. The summed E-state index contributed by atoms with van der Waals surface area (Å²) in [5.74, 6) is -0.564. The number of esters is 1. The van der Waals surface area contributed by atoms with Crippen LogP contribution in [0.25, 0.3) is 0 Å². The van der Waals surface area contributed by atoms with E-state index in [-0.39, 0.29) is 29.5 Å². The summed E-state index contributed by atoms with van der Waals surface area (Å²) in [6.07, 6.45) is -3.09. The Hall–Kier alpha value is -1.55. The molecular weight excluding hydrogens is 322 g/mol. The summed E-state index contributed by atoms with van der Waals surface area (Å²) in [6, 6.07) is 3.13. The van der Waals surface area contributed by atoms with Crippen molar-refractivity contribution in [3.63, 3.8) is 0 Å². The molecule has 0 bridgehead atoms. The molecule has 0 aliphatic heterocycles. The van der Waals surface area contributed by atoms with Crippen LogP contribution in [-0.4, -0.2) is 17.6 Å². The SMILES string of the molecule is CCOC(=O)Cc1cc(CBr)nc(C(F)F)c1C#N. The topological polar surface area (TPSA) is 63.0 Å². The molecule has 0 N–H and O–H groups in total. The lowest BCUT2D eigenvalue weighted by Gasteiger charge is -2.10. The van der Waals surface area contributed by atoms with Crippen LogP contribution in [0.5, 0.6) is 0 Å². The Kier molecular flexibility index (Phi) is 5.83. The van der Waals surface area contributed by atoms with Crippen molar-refractivity contribution in [3.8, 4) is 6.07 Å². The van der Waals surface area contributed by atoms with Crippen molar-refractivity contribution in [3.05, 3.63) is 28.6 Å². The van der Waals surface area contributed by atoms with E-state index in [0.717, 1.165) is 0 Å². The average Bonchev–Trinajstić information content (AvgIpc) is 2.37. The van der Waals surface area contributed by atoms with E-state index in [1.54, 1.807) is 13.0 Å². The van der Waals surface area contributed by atoms with Crippen LogP contribution in [-0.2, 0) is 21.3 Å². The molecule has 0 spiro atoms. The summed E-state index contributed by atoms with van der Waals surface area (Å²) in [5, 5.41) is 9.23. The molecule has 19 heavy (non-hydrogen) atoms. The van der Waals surface area contributed by atoms with Gasteiger partial charge in [-0.05, 0) is 18.6 Å². The van der Waals surface area contributed by atoms with Gasteiger partial charge < -0.3 is 4.74 Å². The third-order valence-electron chi connectivity index (χ3n) is 2.28. The first-order chi connectivity index (χ1) is 9.03. The van der Waals surface area contributed by atoms with Crippen molar-refractivity contribution in [1.82, 2.24) is 4.98 Å². The van der Waals surface area contributed by atoms with Crippen LogP contribution in [0.1, 0.15) is 35.9 Å². The molecule has 0 aliphatic carbocycles. The van der Waals surface area contributed by atoms with Crippen LogP contribution in [0.4, 0.5) is 8.78 Å². The van der Waals surface area contributed by atoms with Crippen LogP contribution in [0.2, 0.25) is 0 Å². The summed E-state index contributed by atoms with van der Waals surface area (Å²) < 4.78 is 30.5. The van der Waals surface area contributed by atoms with E-state index in [2.05, 4.69) is 20.9 Å². The van der Waals surface area contributed by atoms with Gasteiger partial charge in [0.2, 0.25) is 0 Å². The maximum atomic E-state index is 12.9. The van der Waals surface area contributed by atoms with Crippen molar-refractivity contribution in [1.29, 1.82) is 5.26 Å². The summed E-state index contributed by atoms with van der Waals surface area (Å²) in [4.78, 5) is 15.1. The largest absolute Gasteiger partial charge is 0.466 e. The minimum absolute atomic E-state index is 0.193. The van der Waals surface area contributed by atoms with E-state index in [9.17, 15) is 13.6 Å². The molecule has 0 atom stereocenters. The number of nitriles is 1. The van der Waals surface area contributed by atoms with Gasteiger partial charge in [0, 0.05) is 5.33 Å². The van der Waals surface area contributed by atoms with Crippen molar-refractivity contribution in [2.45, 2.75) is 25.1 Å². The highest BCUT2D eigenvalue weighted by Crippen LogP contribution is 2.25. The first kappa shape index (κ1) is 15.5. The molecule has 4 nitrogen and oxygen atoms in total. The molecule has 0 aromatic carbocycles. The Morgan fingerprint density at radius 2 is 2.32 bits per heavy atom. The lowest BCUT2D eigenvalue weighted by atomic mass is 10.0. The van der Waals surface area contributed by atoms with Crippen molar-refractivity contribution in [2.75, 3.05) is 6.61 Å². The van der Waals surface area contributed by atoms with Gasteiger partial charge in [-0.15, -0.1) is 0 Å². The zero-order chi connectivity index (χ0) is 14.4. The Morgan fingerprint density at radius 3 is 2.79 bits per heavy atom. The molecule has 1 rings (SSSR count). The molecule has 1 aromatic heterocycles. The number of alkyl halides is 3. The Labute approximate surface area is 117 Å². The van der Waals surface area contributed by atoms with E-state index in [4.69, 9.17) is 10.00 Å². The number of hydrogen-bond acceptors (Lipinski definition) is 4. The lowest BCUT2D eigenvalue weighted by molar-refractivity contribution is -0.142. The van der Waals surface area contributed by atoms with E-state index < -0.39 is 18.1 Å². The molecular formula is C12H11BrF2N2O2. The molecule has 0 fully saturated rings. The molecule has 0 saturated heterocycles. The molecule has 0 aliphatic rings. The fourth-order valence-corrected chi connectivity index (χ4v) is 1.83. The van der Waals surface area contributed by atoms with Crippen LogP contribution >= 0.6 is 15.9 Å². The number of carbonyl (C=O) groups is 1. The van der Waals surface area contributed by atoms with Gasteiger partial charge in [-0.25, -0.2) is 13.8 Å². The zero-order valence-electron chi connectivity index (χ0n) is 10.1. The molecule has 0 radical (unpaired) electrons. The maximum absolute atomic E-state index is 12.9. The molecule has 102 valence electrons. The number of ether oxygens (including phenoxy) is 1. The number of aromatic nitrogens is 1. The van der Waals surface area contributed by atoms with Gasteiger partial charge in [-0.2, -0.15) is 5.26 Å². The van der Waals surface area contributed by atoms with Gasteiger partial charge in [-0.3, -0.25) is 4.79 Å². The first-order valence-corrected chi connectivity index (χ1v) is 6.58. The highest BCUT2D eigenvalue weighted by Gasteiger charge is 2.21. The number of carbonyl (C=O) groups excluding carboxylic acids is 1. The second-order valence-electron chi connectivity index (χ2n) is 3.56. The predicted molar refractivity (Wildman–Crippen MR) is 66.9 cm³/mol. The van der Waals surface area contributed by atoms with Gasteiger partial charge in [0.15, 0.2) is 0 Å². The number of pyridine rings is 1. The highest BCUT2D eigenvalue weighted by atomic mass is 79.9. The standard InChI is InChI=1S/C12H11BrF2N2O2/c1-2-19-10(18)4-7-3-8(5-13)17-11(12(14)15)9(7)6-16/h3,12H,2,4-5H2,1H3. The van der Waals surface area contributed by atoms with E-state index in [1.165, 1.54) is 6.07 Å². The van der Waals surface area contributed by atoms with Crippen LogP contribution in [0, 0.1) is 11.3 Å². The van der Waals surface area contributed by atoms with E-state index in [0.29, 0.717) is 5.69 Å². The Bertz CT molecular complexity index is 515.